The van der Waals surface area contributed by atoms with Crippen LogP contribution in [0.5, 0.6) is 0 Å². The quantitative estimate of drug-likeness (QED) is 0.695. The first-order valence-corrected chi connectivity index (χ1v) is 7.51. The molecule has 0 saturated carbocycles. The summed E-state index contributed by atoms with van der Waals surface area (Å²) in [5.74, 6) is -1.58. The first-order chi connectivity index (χ1) is 12.0. The van der Waals surface area contributed by atoms with Crippen LogP contribution in [0.25, 0.3) is 11.0 Å². The van der Waals surface area contributed by atoms with Crippen molar-refractivity contribution in [1.82, 2.24) is 20.3 Å². The first kappa shape index (κ1) is 16.8. The van der Waals surface area contributed by atoms with E-state index in [0.29, 0.717) is 11.1 Å². The summed E-state index contributed by atoms with van der Waals surface area (Å²) in [5, 5.41) is 2.64. The van der Waals surface area contributed by atoms with Crippen molar-refractivity contribution in [1.29, 1.82) is 0 Å². The minimum absolute atomic E-state index is 0.0248. The summed E-state index contributed by atoms with van der Waals surface area (Å²) in [7, 11) is 1.25. The van der Waals surface area contributed by atoms with Crippen LogP contribution in [0.1, 0.15) is 26.4 Å². The second-order valence-electron chi connectivity index (χ2n) is 5.07. The Bertz CT molecular complexity index is 973. The maximum Gasteiger partial charge on any atom is 0.341 e. The van der Waals surface area contributed by atoms with Crippen LogP contribution in [0.3, 0.4) is 0 Å². The predicted octanol–water partition coefficient (Wildman–Crippen LogP) is 2.47. The lowest BCUT2D eigenvalue weighted by molar-refractivity contribution is 0.0602. The molecule has 9 heteroatoms. The molecule has 0 aliphatic rings. The van der Waals surface area contributed by atoms with Gasteiger partial charge in [0, 0.05) is 12.7 Å². The van der Waals surface area contributed by atoms with Gasteiger partial charge < -0.3 is 15.0 Å². The molecule has 7 nitrogen and oxygen atoms in total. The minimum atomic E-state index is -0.572. The number of H-pyrrole nitrogens is 1. The molecule has 2 aromatic heterocycles. The van der Waals surface area contributed by atoms with Crippen molar-refractivity contribution in [3.05, 3.63) is 58.4 Å². The molecule has 0 spiro atoms. The van der Waals surface area contributed by atoms with Crippen molar-refractivity contribution >= 4 is 34.5 Å². The number of methoxy groups -OCH3 is 1. The third kappa shape index (κ3) is 3.29. The van der Waals surface area contributed by atoms with Gasteiger partial charge in [-0.3, -0.25) is 4.79 Å². The zero-order valence-electron chi connectivity index (χ0n) is 13.0. The summed E-state index contributed by atoms with van der Waals surface area (Å²) in [6.45, 7) is 0.134. The summed E-state index contributed by atoms with van der Waals surface area (Å²) in [4.78, 5) is 34.9. The van der Waals surface area contributed by atoms with E-state index in [1.54, 1.807) is 0 Å². The Morgan fingerprint density at radius 2 is 2.16 bits per heavy atom. The molecule has 0 radical (unpaired) electrons. The number of ether oxygens (including phenoxy) is 1. The molecule has 1 amide bonds. The Labute approximate surface area is 146 Å². The van der Waals surface area contributed by atoms with Crippen LogP contribution in [0, 0.1) is 5.82 Å². The molecule has 1 aromatic carbocycles. The normalized spacial score (nSPS) is 10.7. The van der Waals surface area contributed by atoms with Crippen molar-refractivity contribution in [2.24, 2.45) is 0 Å². The Kier molecular flexibility index (Phi) is 4.62. The van der Waals surface area contributed by atoms with Gasteiger partial charge in [-0.1, -0.05) is 17.7 Å². The number of nitrogens with zero attached hydrogens (tertiary/aromatic N) is 2. The van der Waals surface area contributed by atoms with Crippen LogP contribution in [0.2, 0.25) is 5.02 Å². The van der Waals surface area contributed by atoms with Crippen LogP contribution in [0.4, 0.5) is 4.39 Å². The van der Waals surface area contributed by atoms with Crippen LogP contribution in [0.15, 0.2) is 30.7 Å². The van der Waals surface area contributed by atoms with E-state index >= 15 is 0 Å². The van der Waals surface area contributed by atoms with Crippen LogP contribution in [-0.2, 0) is 11.3 Å². The first-order valence-electron chi connectivity index (χ1n) is 7.13. The van der Waals surface area contributed by atoms with Gasteiger partial charge in [0.15, 0.2) is 5.69 Å². The SMILES string of the molecule is COC(=O)c1c[nH]c2c(C(=O)NCc3ccc(F)c(Cl)c3)ncnc12. The van der Waals surface area contributed by atoms with E-state index in [2.05, 4.69) is 25.0 Å². The van der Waals surface area contributed by atoms with Crippen molar-refractivity contribution in [3.63, 3.8) is 0 Å². The number of aromatic nitrogens is 3. The van der Waals surface area contributed by atoms with E-state index in [-0.39, 0.29) is 28.3 Å². The van der Waals surface area contributed by atoms with Gasteiger partial charge >= 0.3 is 5.97 Å². The second-order valence-corrected chi connectivity index (χ2v) is 5.48. The summed E-state index contributed by atoms with van der Waals surface area (Å²) < 4.78 is 17.8. The van der Waals surface area contributed by atoms with Gasteiger partial charge in [-0.2, -0.15) is 0 Å². The van der Waals surface area contributed by atoms with Gasteiger partial charge in [0.1, 0.15) is 23.2 Å². The van der Waals surface area contributed by atoms with Gasteiger partial charge in [0.25, 0.3) is 5.91 Å². The lowest BCUT2D eigenvalue weighted by Gasteiger charge is -2.06. The van der Waals surface area contributed by atoms with Gasteiger partial charge in [0.05, 0.1) is 17.6 Å². The van der Waals surface area contributed by atoms with Crippen molar-refractivity contribution in [2.45, 2.75) is 6.54 Å². The van der Waals surface area contributed by atoms with Crippen molar-refractivity contribution < 1.29 is 18.7 Å². The Hall–Kier alpha value is -3.00. The van der Waals surface area contributed by atoms with E-state index < -0.39 is 17.7 Å². The number of carbonyl (C=O) groups is 2. The van der Waals surface area contributed by atoms with Crippen LogP contribution >= 0.6 is 11.6 Å². The van der Waals surface area contributed by atoms with E-state index in [4.69, 9.17) is 11.6 Å². The highest BCUT2D eigenvalue weighted by Gasteiger charge is 2.19. The summed E-state index contributed by atoms with van der Waals surface area (Å²) >= 11 is 5.71. The monoisotopic (exact) mass is 362 g/mol. The number of carbonyl (C=O) groups excluding carboxylic acids is 2. The zero-order chi connectivity index (χ0) is 18.0. The number of hydrogen-bond acceptors (Lipinski definition) is 5. The van der Waals surface area contributed by atoms with E-state index in [0.717, 1.165) is 0 Å². The van der Waals surface area contributed by atoms with Gasteiger partial charge in [-0.15, -0.1) is 0 Å². The molecule has 0 aliphatic heterocycles. The number of fused-ring (bicyclic) bond motifs is 1. The maximum atomic E-state index is 13.2. The van der Waals surface area contributed by atoms with Crippen LogP contribution < -0.4 is 5.32 Å². The molecule has 2 heterocycles. The second kappa shape index (κ2) is 6.86. The highest BCUT2D eigenvalue weighted by Crippen LogP contribution is 2.19. The number of halogens is 2. The molecule has 0 saturated heterocycles. The summed E-state index contributed by atoms with van der Waals surface area (Å²) in [6.07, 6.45) is 2.59. The molecule has 3 aromatic rings. The molecular formula is C16H12ClFN4O3. The smallest absolute Gasteiger partial charge is 0.341 e. The molecule has 3 rings (SSSR count). The number of benzene rings is 1. The van der Waals surface area contributed by atoms with Crippen LogP contribution in [-0.4, -0.2) is 33.9 Å². The van der Waals surface area contributed by atoms with Crippen molar-refractivity contribution in [2.75, 3.05) is 7.11 Å². The van der Waals surface area contributed by atoms with Gasteiger partial charge in [-0.05, 0) is 17.7 Å². The fourth-order valence-electron chi connectivity index (χ4n) is 2.29. The maximum absolute atomic E-state index is 13.2. The average molecular weight is 363 g/mol. The number of aromatic amines is 1. The van der Waals surface area contributed by atoms with Gasteiger partial charge in [-0.25, -0.2) is 19.2 Å². The fourth-order valence-corrected chi connectivity index (χ4v) is 2.50. The number of rotatable bonds is 4. The number of nitrogens with one attached hydrogen (secondary N) is 2. The Balaban J connectivity index is 1.83. The van der Waals surface area contributed by atoms with Gasteiger partial charge in [0.2, 0.25) is 0 Å². The average Bonchev–Trinajstić information content (AvgIpc) is 3.06. The lowest BCUT2D eigenvalue weighted by atomic mass is 10.2. The molecule has 0 bridgehead atoms. The Morgan fingerprint density at radius 3 is 2.88 bits per heavy atom. The third-order valence-corrected chi connectivity index (χ3v) is 3.81. The largest absolute Gasteiger partial charge is 0.465 e. The zero-order valence-corrected chi connectivity index (χ0v) is 13.7. The van der Waals surface area contributed by atoms with E-state index in [1.165, 1.54) is 37.8 Å². The van der Waals surface area contributed by atoms with Crippen molar-refractivity contribution in [3.8, 4) is 0 Å². The highest BCUT2D eigenvalue weighted by molar-refractivity contribution is 6.30. The topological polar surface area (TPSA) is 97.0 Å². The molecule has 0 unspecified atom stereocenters. The summed E-state index contributed by atoms with van der Waals surface area (Å²) in [6, 6.07) is 4.16. The molecule has 2 N–H and O–H groups in total. The standard InChI is InChI=1S/C16H12ClFN4O3/c1-25-16(24)9-6-19-13-12(9)21-7-22-14(13)15(23)20-5-8-2-3-11(18)10(17)4-8/h2-4,6-7,19H,5H2,1H3,(H,20,23). The minimum Gasteiger partial charge on any atom is -0.465 e. The molecular weight excluding hydrogens is 351 g/mol. The third-order valence-electron chi connectivity index (χ3n) is 3.52. The molecule has 0 fully saturated rings. The number of hydrogen-bond donors (Lipinski definition) is 2. The van der Waals surface area contributed by atoms with E-state index in [9.17, 15) is 14.0 Å². The fraction of sp³-hybridized carbons (Fsp3) is 0.125. The Morgan fingerprint density at radius 1 is 1.36 bits per heavy atom. The molecule has 0 atom stereocenters. The van der Waals surface area contributed by atoms with E-state index in [1.807, 2.05) is 0 Å². The predicted molar refractivity (Wildman–Crippen MR) is 87.8 cm³/mol. The summed E-state index contributed by atoms with van der Waals surface area (Å²) in [5.41, 5.74) is 1.52. The number of amides is 1. The highest BCUT2D eigenvalue weighted by atomic mass is 35.5. The molecule has 0 aliphatic carbocycles. The molecule has 128 valence electrons. The number of esters is 1. The molecule has 25 heavy (non-hydrogen) atoms. The lowest BCUT2D eigenvalue weighted by Crippen LogP contribution is -2.24.